The first-order valence-electron chi connectivity index (χ1n) is 11.7. The molecule has 0 aliphatic rings. The van der Waals surface area contributed by atoms with Crippen LogP contribution in [0.4, 0.5) is 16.2 Å². The van der Waals surface area contributed by atoms with Gasteiger partial charge in [-0.25, -0.2) is 9.59 Å². The van der Waals surface area contributed by atoms with Crippen LogP contribution in [0, 0.1) is 0 Å². The maximum atomic E-state index is 12.4. The number of carboxylic acids is 1. The maximum absolute atomic E-state index is 12.4. The fraction of sp³-hybridized carbons (Fsp3) is 0.333. The van der Waals surface area contributed by atoms with E-state index in [0.717, 1.165) is 11.1 Å². The summed E-state index contributed by atoms with van der Waals surface area (Å²) < 4.78 is 5.36. The summed E-state index contributed by atoms with van der Waals surface area (Å²) in [5.41, 5.74) is -0.543. The zero-order valence-electron chi connectivity index (χ0n) is 20.5. The fourth-order valence-corrected chi connectivity index (χ4v) is 3.69. The van der Waals surface area contributed by atoms with Crippen molar-refractivity contribution >= 4 is 23.4 Å². The molecule has 36 heavy (non-hydrogen) atoms. The van der Waals surface area contributed by atoms with Gasteiger partial charge in [0.2, 0.25) is 0 Å². The largest absolute Gasteiger partial charge is 0.480 e. The molecule has 3 rings (SSSR count). The van der Waals surface area contributed by atoms with Gasteiger partial charge in [-0.2, -0.15) is 0 Å². The Balaban J connectivity index is 1.73. The number of rotatable bonds is 11. The molecule has 0 bridgehead atoms. The Kier molecular flexibility index (Phi) is 8.47. The van der Waals surface area contributed by atoms with E-state index in [4.69, 9.17) is 4.74 Å². The van der Waals surface area contributed by atoms with E-state index >= 15 is 0 Å². The Labute approximate surface area is 209 Å². The highest BCUT2D eigenvalue weighted by Gasteiger charge is 2.28. The van der Waals surface area contributed by atoms with Gasteiger partial charge in [-0.1, -0.05) is 60.7 Å². The quantitative estimate of drug-likeness (QED) is 0.300. The van der Waals surface area contributed by atoms with Crippen molar-refractivity contribution in [2.24, 2.45) is 0 Å². The Morgan fingerprint density at radius 2 is 1.39 bits per heavy atom. The van der Waals surface area contributed by atoms with Crippen LogP contribution in [-0.2, 0) is 22.4 Å². The molecule has 190 valence electrons. The van der Waals surface area contributed by atoms with Gasteiger partial charge >= 0.3 is 12.1 Å². The molecule has 0 aromatic heterocycles. The van der Waals surface area contributed by atoms with Crippen molar-refractivity contribution in [3.8, 4) is 0 Å². The van der Waals surface area contributed by atoms with Crippen LogP contribution < -0.4 is 26.8 Å². The van der Waals surface area contributed by atoms with Crippen molar-refractivity contribution in [1.29, 1.82) is 0 Å². The lowest BCUT2D eigenvalue weighted by atomic mass is 10.0. The smallest absolute Gasteiger partial charge is 0.407 e. The van der Waals surface area contributed by atoms with Crippen LogP contribution >= 0.6 is 0 Å². The molecule has 0 spiro atoms. The van der Waals surface area contributed by atoms with Crippen molar-refractivity contribution in [2.75, 3.05) is 17.2 Å². The number of ether oxygens (including phenoxy) is 1. The first-order valence-corrected chi connectivity index (χ1v) is 11.7. The minimum Gasteiger partial charge on any atom is -0.480 e. The van der Waals surface area contributed by atoms with Gasteiger partial charge in [0.1, 0.15) is 23.0 Å². The minimum absolute atomic E-state index is 0.00311. The van der Waals surface area contributed by atoms with Gasteiger partial charge in [-0.05, 0) is 38.3 Å². The monoisotopic (exact) mass is 493 g/mol. The molecule has 0 aliphatic heterocycles. The van der Waals surface area contributed by atoms with Gasteiger partial charge in [0.15, 0.2) is 0 Å². The topological polar surface area (TPSA) is 134 Å². The summed E-state index contributed by atoms with van der Waals surface area (Å²) in [5, 5.41) is 18.1. The molecular formula is C27H31N3O6. The van der Waals surface area contributed by atoms with E-state index in [1.807, 2.05) is 36.4 Å². The summed E-state index contributed by atoms with van der Waals surface area (Å²) in [6.07, 6.45) is -0.0372. The number of carboxylic acid groups (broad SMARTS) is 1. The molecule has 0 saturated carbocycles. The number of amides is 1. The normalized spacial score (nSPS) is 13.0. The molecule has 2 atom stereocenters. The molecule has 9 nitrogen and oxygen atoms in total. The molecule has 0 heterocycles. The lowest BCUT2D eigenvalue weighted by Gasteiger charge is -2.25. The van der Waals surface area contributed by atoms with Crippen LogP contribution in [0.5, 0.6) is 0 Å². The maximum Gasteiger partial charge on any atom is 0.407 e. The molecule has 9 heteroatoms. The van der Waals surface area contributed by atoms with E-state index in [1.165, 1.54) is 0 Å². The highest BCUT2D eigenvalue weighted by molar-refractivity contribution is 5.82. The lowest BCUT2D eigenvalue weighted by Crippen LogP contribution is -2.46. The number of carbonyl (C=O) groups is 2. The molecule has 0 saturated heterocycles. The second kappa shape index (κ2) is 11.5. The molecule has 4 N–H and O–H groups in total. The van der Waals surface area contributed by atoms with Gasteiger partial charge < -0.3 is 25.8 Å². The van der Waals surface area contributed by atoms with E-state index in [9.17, 15) is 24.3 Å². The van der Waals surface area contributed by atoms with Crippen molar-refractivity contribution in [3.05, 3.63) is 92.2 Å². The molecule has 0 radical (unpaired) electrons. The van der Waals surface area contributed by atoms with E-state index in [0.29, 0.717) is 6.42 Å². The van der Waals surface area contributed by atoms with Crippen LogP contribution in [0.2, 0.25) is 0 Å². The summed E-state index contributed by atoms with van der Waals surface area (Å²) in [5.74, 6) is -1.15. The van der Waals surface area contributed by atoms with Crippen LogP contribution in [0.3, 0.4) is 0 Å². The van der Waals surface area contributed by atoms with Crippen molar-refractivity contribution in [2.45, 2.75) is 51.3 Å². The second-order valence-corrected chi connectivity index (χ2v) is 9.55. The average molecular weight is 494 g/mol. The van der Waals surface area contributed by atoms with Crippen LogP contribution in [0.1, 0.15) is 31.9 Å². The van der Waals surface area contributed by atoms with Crippen LogP contribution in [-0.4, -0.2) is 41.4 Å². The molecule has 1 amide bonds. The third kappa shape index (κ3) is 7.43. The number of carbonyl (C=O) groups excluding carboxylic acids is 1. The number of anilines is 2. The van der Waals surface area contributed by atoms with E-state index < -0.39 is 40.6 Å². The zero-order valence-corrected chi connectivity index (χ0v) is 20.5. The van der Waals surface area contributed by atoms with Crippen molar-refractivity contribution in [3.63, 3.8) is 0 Å². The summed E-state index contributed by atoms with van der Waals surface area (Å²) >= 11 is 0. The van der Waals surface area contributed by atoms with E-state index in [1.54, 1.807) is 45.0 Å². The molecular weight excluding hydrogens is 462 g/mol. The number of hydrogen-bond acceptors (Lipinski definition) is 7. The zero-order chi connectivity index (χ0) is 26.3. The highest BCUT2D eigenvalue weighted by Crippen LogP contribution is 2.18. The number of nitrogens with one attached hydrogen (secondary N) is 3. The average Bonchev–Trinajstić information content (AvgIpc) is 2.82. The number of benzene rings is 2. The molecule has 0 unspecified atom stereocenters. The Morgan fingerprint density at radius 3 is 1.92 bits per heavy atom. The van der Waals surface area contributed by atoms with Gasteiger partial charge in [0, 0.05) is 13.0 Å². The summed E-state index contributed by atoms with van der Waals surface area (Å²) in [6, 6.07) is 16.9. The standard InChI is InChI=1S/C27H31N3O6/c1-27(2,3)36-26(35)29-19(14-17-10-6-4-7-11-17)16-28-21-22(24(32)23(21)31)30-20(25(33)34)15-18-12-8-5-9-13-18/h4-13,19-20,28,30H,14-16H2,1-3H3,(H,29,35)(H,33,34)/t19-,20-/m0/s1. The van der Waals surface area contributed by atoms with Crippen molar-refractivity contribution < 1.29 is 19.4 Å². The first-order chi connectivity index (χ1) is 17.0. The second-order valence-electron chi connectivity index (χ2n) is 9.55. The van der Waals surface area contributed by atoms with Gasteiger partial charge in [-0.3, -0.25) is 9.59 Å². The summed E-state index contributed by atoms with van der Waals surface area (Å²) in [7, 11) is 0. The molecule has 0 aliphatic carbocycles. The number of hydrogen-bond donors (Lipinski definition) is 4. The number of aliphatic carboxylic acids is 1. The third-order valence-corrected chi connectivity index (χ3v) is 5.38. The van der Waals surface area contributed by atoms with E-state index in [-0.39, 0.29) is 24.3 Å². The van der Waals surface area contributed by atoms with E-state index in [2.05, 4.69) is 16.0 Å². The molecule has 0 fully saturated rings. The van der Waals surface area contributed by atoms with Crippen LogP contribution in [0.15, 0.2) is 70.3 Å². The van der Waals surface area contributed by atoms with Gasteiger partial charge in [0.05, 0.1) is 6.04 Å². The Hall–Kier alpha value is -4.14. The first kappa shape index (κ1) is 26.5. The van der Waals surface area contributed by atoms with Gasteiger partial charge in [-0.15, -0.1) is 0 Å². The summed E-state index contributed by atoms with van der Waals surface area (Å²) in [4.78, 5) is 48.8. The fourth-order valence-electron chi connectivity index (χ4n) is 3.69. The van der Waals surface area contributed by atoms with Crippen molar-refractivity contribution in [1.82, 2.24) is 5.32 Å². The lowest BCUT2D eigenvalue weighted by molar-refractivity contribution is -0.137. The Bertz CT molecular complexity index is 1240. The molecule has 3 aromatic carbocycles. The predicted molar refractivity (Wildman–Crippen MR) is 138 cm³/mol. The minimum atomic E-state index is -1.15. The summed E-state index contributed by atoms with van der Waals surface area (Å²) in [6.45, 7) is 5.39. The third-order valence-electron chi connectivity index (χ3n) is 5.38. The SMILES string of the molecule is CC(C)(C)OC(=O)N[C@H](CNc1c(N[C@@H](Cc2ccccc2)C(=O)O)c(=O)c1=O)Cc1ccccc1. The highest BCUT2D eigenvalue weighted by atomic mass is 16.6. The number of alkyl carbamates (subject to hydrolysis) is 1. The Morgan fingerprint density at radius 1 is 0.861 bits per heavy atom. The van der Waals surface area contributed by atoms with Crippen LogP contribution in [0.25, 0.3) is 0 Å². The molecule has 3 aromatic rings. The van der Waals surface area contributed by atoms with Gasteiger partial charge in [0.25, 0.3) is 10.9 Å². The predicted octanol–water partition coefficient (Wildman–Crippen LogP) is 2.94.